The molecule has 1 aromatic carbocycles. The minimum atomic E-state index is -4.61. The zero-order chi connectivity index (χ0) is 36.7. The Labute approximate surface area is 317 Å². The molecule has 294 valence electrons. The van der Waals surface area contributed by atoms with E-state index in [-0.39, 0.29) is 79.6 Å². The largest absolute Gasteiger partial charge is 0.488 e. The van der Waals surface area contributed by atoms with Gasteiger partial charge in [0.05, 0.1) is 36.4 Å². The zero-order valence-corrected chi connectivity index (χ0v) is 31.1. The number of nitrogens with zero attached hydrogens (tertiary/aromatic N) is 4. The molecule has 3 aliphatic rings. The standard InChI is InChI=1S/C37H44F6N4O4.2ClH/c1-35(2)15-27-30(28(50)16-35)29(21-7-11-36(39,40)12-8-21)31(32(38)22-3-5-24(6-4-22)37(41,42)43)33(46-27)23-9-13-47(14-10-23)34-44-17-26(18-45-34)51-20-25(49)19-48;;/h3-6,17-18,21,23,25,28,32,48-50H,7-16,19-20H2,1-2H3;2*1H/t25-,28-,32?;;/m0../s1. The monoisotopic (exact) mass is 794 g/mol. The van der Waals surface area contributed by atoms with Crippen LogP contribution in [-0.2, 0) is 12.6 Å². The summed E-state index contributed by atoms with van der Waals surface area (Å²) in [7, 11) is 0. The molecule has 1 unspecified atom stereocenters. The van der Waals surface area contributed by atoms with E-state index in [1.807, 2.05) is 18.7 Å². The fourth-order valence-electron chi connectivity index (χ4n) is 7.86. The number of rotatable bonds is 9. The van der Waals surface area contributed by atoms with Crippen LogP contribution in [0.4, 0.5) is 32.3 Å². The smallest absolute Gasteiger partial charge is 0.416 e. The Morgan fingerprint density at radius 1 is 0.943 bits per heavy atom. The maximum Gasteiger partial charge on any atom is 0.416 e. The molecule has 0 bridgehead atoms. The molecule has 8 nitrogen and oxygen atoms in total. The molecule has 6 rings (SSSR count). The van der Waals surface area contributed by atoms with Crippen molar-refractivity contribution < 1.29 is 46.4 Å². The number of ether oxygens (including phenoxy) is 1. The molecule has 0 spiro atoms. The summed E-state index contributed by atoms with van der Waals surface area (Å²) in [5, 5.41) is 30.1. The summed E-state index contributed by atoms with van der Waals surface area (Å²) in [5.74, 6) is -2.85. The number of pyridine rings is 1. The summed E-state index contributed by atoms with van der Waals surface area (Å²) in [5.41, 5.74) is 1.01. The molecule has 2 aliphatic carbocycles. The lowest BCUT2D eigenvalue weighted by Gasteiger charge is -2.41. The van der Waals surface area contributed by atoms with Gasteiger partial charge < -0.3 is 25.0 Å². The maximum atomic E-state index is 17.2. The van der Waals surface area contributed by atoms with Gasteiger partial charge in [0, 0.05) is 48.7 Å². The topological polar surface area (TPSA) is 112 Å². The Kier molecular flexibility index (Phi) is 13.6. The van der Waals surface area contributed by atoms with E-state index in [1.165, 1.54) is 12.4 Å². The Morgan fingerprint density at radius 3 is 2.11 bits per heavy atom. The zero-order valence-electron chi connectivity index (χ0n) is 29.5. The summed E-state index contributed by atoms with van der Waals surface area (Å²) in [6.07, 6.45) is -4.33. The molecule has 3 heterocycles. The fourth-order valence-corrected chi connectivity index (χ4v) is 7.86. The van der Waals surface area contributed by atoms with Gasteiger partial charge in [0.25, 0.3) is 0 Å². The van der Waals surface area contributed by atoms with E-state index in [9.17, 15) is 32.2 Å². The van der Waals surface area contributed by atoms with Gasteiger partial charge in [-0.05, 0) is 73.1 Å². The van der Waals surface area contributed by atoms with Gasteiger partial charge in [-0.3, -0.25) is 4.98 Å². The van der Waals surface area contributed by atoms with Crippen LogP contribution in [0.15, 0.2) is 36.7 Å². The number of aliphatic hydroxyl groups is 3. The van der Waals surface area contributed by atoms with Crippen molar-refractivity contribution in [1.82, 2.24) is 15.0 Å². The van der Waals surface area contributed by atoms with Crippen molar-refractivity contribution in [2.45, 2.75) is 108 Å². The molecule has 1 aliphatic heterocycles. The van der Waals surface area contributed by atoms with Crippen molar-refractivity contribution in [2.75, 3.05) is 31.2 Å². The lowest BCUT2D eigenvalue weighted by atomic mass is 9.68. The molecule has 1 saturated heterocycles. The van der Waals surface area contributed by atoms with Crippen LogP contribution in [0.2, 0.25) is 0 Å². The first-order valence-electron chi connectivity index (χ1n) is 17.5. The third-order valence-electron chi connectivity index (χ3n) is 10.5. The number of aliphatic hydroxyl groups excluding tert-OH is 3. The Bertz CT molecular complexity index is 1670. The number of alkyl halides is 6. The molecule has 3 aromatic rings. The van der Waals surface area contributed by atoms with Gasteiger partial charge >= 0.3 is 6.18 Å². The van der Waals surface area contributed by atoms with Gasteiger partial charge in [0.1, 0.15) is 12.7 Å². The summed E-state index contributed by atoms with van der Waals surface area (Å²) < 4.78 is 91.8. The highest BCUT2D eigenvalue weighted by atomic mass is 35.5. The molecule has 1 saturated carbocycles. The van der Waals surface area contributed by atoms with E-state index >= 15 is 4.39 Å². The van der Waals surface area contributed by atoms with Crippen LogP contribution in [0, 0.1) is 5.41 Å². The van der Waals surface area contributed by atoms with E-state index in [1.54, 1.807) is 0 Å². The van der Waals surface area contributed by atoms with Gasteiger partial charge in [0.2, 0.25) is 11.9 Å². The number of hydrogen-bond acceptors (Lipinski definition) is 8. The van der Waals surface area contributed by atoms with Crippen molar-refractivity contribution in [3.05, 3.63) is 75.9 Å². The van der Waals surface area contributed by atoms with Crippen LogP contribution in [0.3, 0.4) is 0 Å². The molecule has 2 aromatic heterocycles. The van der Waals surface area contributed by atoms with Crippen molar-refractivity contribution in [1.29, 1.82) is 0 Å². The lowest BCUT2D eigenvalue weighted by molar-refractivity contribution is -0.137. The van der Waals surface area contributed by atoms with Crippen molar-refractivity contribution in [3.8, 4) is 5.75 Å². The highest BCUT2D eigenvalue weighted by molar-refractivity contribution is 5.85. The number of aromatic nitrogens is 3. The van der Waals surface area contributed by atoms with Crippen molar-refractivity contribution in [3.63, 3.8) is 0 Å². The fraction of sp³-hybridized carbons (Fsp3) is 0.595. The Balaban J connectivity index is 0.00000314. The molecular weight excluding hydrogens is 749 g/mol. The van der Waals surface area contributed by atoms with Gasteiger partial charge in [-0.1, -0.05) is 26.0 Å². The molecule has 3 N–H and O–H groups in total. The van der Waals surface area contributed by atoms with Crippen LogP contribution < -0.4 is 9.64 Å². The van der Waals surface area contributed by atoms with Gasteiger partial charge in [0.15, 0.2) is 11.9 Å². The molecular formula is C37H46Cl2F6N4O4. The first-order chi connectivity index (χ1) is 24.0. The molecule has 3 atom stereocenters. The lowest BCUT2D eigenvalue weighted by Crippen LogP contribution is -2.36. The summed E-state index contributed by atoms with van der Waals surface area (Å²) in [6, 6.07) is 3.92. The number of piperidine rings is 1. The third kappa shape index (κ3) is 9.67. The average molecular weight is 796 g/mol. The van der Waals surface area contributed by atoms with E-state index in [2.05, 4.69) is 9.97 Å². The maximum absolute atomic E-state index is 17.2. The van der Waals surface area contributed by atoms with Crippen molar-refractivity contribution >= 4 is 30.8 Å². The van der Waals surface area contributed by atoms with Gasteiger partial charge in [-0.25, -0.2) is 23.1 Å². The van der Waals surface area contributed by atoms with Crippen LogP contribution in [-0.4, -0.2) is 68.6 Å². The predicted molar refractivity (Wildman–Crippen MR) is 191 cm³/mol. The van der Waals surface area contributed by atoms with E-state index in [4.69, 9.17) is 14.8 Å². The second kappa shape index (κ2) is 16.8. The number of hydrogen-bond donors (Lipinski definition) is 3. The Hall–Kier alpha value is -2.91. The molecule has 0 amide bonds. The van der Waals surface area contributed by atoms with E-state index in [0.717, 1.165) is 24.3 Å². The highest BCUT2D eigenvalue weighted by Gasteiger charge is 2.44. The second-order valence-corrected chi connectivity index (χ2v) is 15.0. The van der Waals surface area contributed by atoms with Crippen LogP contribution in [0.25, 0.3) is 0 Å². The predicted octanol–water partition coefficient (Wildman–Crippen LogP) is 8.21. The Morgan fingerprint density at radius 2 is 1.55 bits per heavy atom. The number of anilines is 1. The van der Waals surface area contributed by atoms with Crippen LogP contribution in [0.1, 0.15) is 122 Å². The molecule has 2 fully saturated rings. The van der Waals surface area contributed by atoms with E-state index in [0.29, 0.717) is 73.0 Å². The first kappa shape index (κ1) is 42.8. The van der Waals surface area contributed by atoms with Gasteiger partial charge in [-0.15, -0.1) is 24.8 Å². The summed E-state index contributed by atoms with van der Waals surface area (Å²) in [6.45, 7) is 4.41. The minimum Gasteiger partial charge on any atom is -0.488 e. The van der Waals surface area contributed by atoms with Crippen LogP contribution >= 0.6 is 24.8 Å². The minimum absolute atomic E-state index is 0. The summed E-state index contributed by atoms with van der Waals surface area (Å²) >= 11 is 0. The SMILES string of the molecule is CC1(C)Cc2nc(C3CCN(c4ncc(OC[C@@H](O)CO)cn4)CC3)c(C(F)c3ccc(C(F)(F)F)cc3)c(C3CCC(F)(F)CC3)c2[C@@H](O)C1.Cl.Cl. The van der Waals surface area contributed by atoms with E-state index < -0.39 is 48.6 Å². The molecule has 53 heavy (non-hydrogen) atoms. The molecule has 0 radical (unpaired) electrons. The van der Waals surface area contributed by atoms with Gasteiger partial charge in [-0.2, -0.15) is 13.2 Å². The number of halogens is 8. The second-order valence-electron chi connectivity index (χ2n) is 15.0. The number of benzene rings is 1. The third-order valence-corrected chi connectivity index (χ3v) is 10.5. The highest BCUT2D eigenvalue weighted by Crippen LogP contribution is 2.52. The number of fused-ring (bicyclic) bond motifs is 1. The van der Waals surface area contributed by atoms with Crippen molar-refractivity contribution in [2.24, 2.45) is 5.41 Å². The van der Waals surface area contributed by atoms with Crippen LogP contribution in [0.5, 0.6) is 5.75 Å². The average Bonchev–Trinajstić information content (AvgIpc) is 3.09. The first-order valence-corrected chi connectivity index (χ1v) is 17.5. The summed E-state index contributed by atoms with van der Waals surface area (Å²) in [4.78, 5) is 15.8. The quantitative estimate of drug-likeness (QED) is 0.186. The normalized spacial score (nSPS) is 21.5. The molecule has 16 heteroatoms.